The van der Waals surface area contributed by atoms with Gasteiger partial charge < -0.3 is 25.4 Å². The molecule has 3 fully saturated rings. The topological polar surface area (TPSA) is 108 Å². The molecule has 0 radical (unpaired) electrons. The summed E-state index contributed by atoms with van der Waals surface area (Å²) in [5, 5.41) is 15.2. The van der Waals surface area contributed by atoms with Crippen molar-refractivity contribution in [1.82, 2.24) is 10.2 Å². The average molecular weight is 458 g/mol. The number of carbonyl (C=O) groups excluding carboxylic acids is 3. The van der Waals surface area contributed by atoms with Crippen molar-refractivity contribution in [2.75, 3.05) is 18.5 Å². The summed E-state index contributed by atoms with van der Waals surface area (Å²) < 4.78 is 6.68. The van der Waals surface area contributed by atoms with Crippen molar-refractivity contribution < 1.29 is 24.2 Å². The molecule has 3 heterocycles. The van der Waals surface area contributed by atoms with Crippen molar-refractivity contribution in [2.45, 2.75) is 76.2 Å². The van der Waals surface area contributed by atoms with Crippen LogP contribution in [0.1, 0.15) is 52.9 Å². The molecule has 8 heteroatoms. The number of amides is 3. The first-order valence-corrected chi connectivity index (χ1v) is 12.1. The Morgan fingerprint density at radius 2 is 1.91 bits per heavy atom. The maximum Gasteiger partial charge on any atom is 0.246 e. The van der Waals surface area contributed by atoms with E-state index in [9.17, 15) is 19.5 Å². The second-order valence-electron chi connectivity index (χ2n) is 9.81. The summed E-state index contributed by atoms with van der Waals surface area (Å²) in [6.45, 7) is 6.13. The van der Waals surface area contributed by atoms with Crippen LogP contribution < -0.4 is 10.6 Å². The Morgan fingerprint density at radius 3 is 2.55 bits per heavy atom. The molecule has 3 saturated heterocycles. The third-order valence-corrected chi connectivity index (χ3v) is 7.49. The fourth-order valence-corrected chi connectivity index (χ4v) is 6.16. The number of nitrogens with one attached hydrogen (secondary N) is 2. The van der Waals surface area contributed by atoms with Crippen LogP contribution in [0, 0.1) is 11.8 Å². The summed E-state index contributed by atoms with van der Waals surface area (Å²) in [5.41, 5.74) is -1.10. The molecule has 180 valence electrons. The number of unbranched alkanes of at least 4 members (excludes halogenated alkanes) is 1. The van der Waals surface area contributed by atoms with Gasteiger partial charge in [0.2, 0.25) is 17.7 Å². The average Bonchev–Trinajstić information content (AvgIpc) is 3.38. The summed E-state index contributed by atoms with van der Waals surface area (Å²) in [5.74, 6) is -2.03. The number of aliphatic hydroxyl groups excluding tert-OH is 1. The summed E-state index contributed by atoms with van der Waals surface area (Å²) in [4.78, 5) is 42.4. The van der Waals surface area contributed by atoms with Crippen LogP contribution in [0.4, 0.5) is 5.69 Å². The highest BCUT2D eigenvalue weighted by atomic mass is 16.5. The van der Waals surface area contributed by atoms with Gasteiger partial charge in [0.25, 0.3) is 0 Å². The van der Waals surface area contributed by atoms with Crippen molar-refractivity contribution >= 4 is 23.4 Å². The highest BCUT2D eigenvalue weighted by Gasteiger charge is 2.78. The molecule has 3 N–H and O–H groups in total. The largest absolute Gasteiger partial charge is 0.396 e. The van der Waals surface area contributed by atoms with Crippen molar-refractivity contribution in [3.63, 3.8) is 0 Å². The first-order chi connectivity index (χ1) is 15.8. The van der Waals surface area contributed by atoms with E-state index in [1.54, 1.807) is 4.90 Å². The Bertz CT molecular complexity index is 907. The Morgan fingerprint density at radius 1 is 1.18 bits per heavy atom. The lowest BCUT2D eigenvalue weighted by Crippen LogP contribution is -2.56. The third-order valence-electron chi connectivity index (χ3n) is 7.49. The van der Waals surface area contributed by atoms with Gasteiger partial charge in [0.15, 0.2) is 0 Å². The van der Waals surface area contributed by atoms with Gasteiger partial charge in [-0.1, -0.05) is 25.1 Å². The van der Waals surface area contributed by atoms with Gasteiger partial charge >= 0.3 is 0 Å². The molecule has 2 bridgehead atoms. The number of para-hydroxylation sites is 1. The number of rotatable bonds is 9. The van der Waals surface area contributed by atoms with Crippen LogP contribution in [-0.2, 0) is 19.1 Å². The maximum absolute atomic E-state index is 13.8. The van der Waals surface area contributed by atoms with Gasteiger partial charge in [-0.3, -0.25) is 14.4 Å². The Kier molecular flexibility index (Phi) is 6.51. The zero-order valence-electron chi connectivity index (χ0n) is 19.7. The van der Waals surface area contributed by atoms with E-state index in [-0.39, 0.29) is 30.4 Å². The van der Waals surface area contributed by atoms with Crippen molar-refractivity contribution in [3.8, 4) is 0 Å². The van der Waals surface area contributed by atoms with Crippen LogP contribution >= 0.6 is 0 Å². The Hall–Kier alpha value is -2.45. The van der Waals surface area contributed by atoms with Crippen LogP contribution in [-0.4, -0.2) is 64.2 Å². The van der Waals surface area contributed by atoms with Gasteiger partial charge in [-0.2, -0.15) is 0 Å². The number of ether oxygens (including phenoxy) is 1. The zero-order chi connectivity index (χ0) is 23.8. The number of benzene rings is 1. The number of anilines is 1. The molecule has 3 aliphatic heterocycles. The lowest BCUT2D eigenvalue weighted by molar-refractivity contribution is -0.146. The highest BCUT2D eigenvalue weighted by molar-refractivity contribution is 6.02. The summed E-state index contributed by atoms with van der Waals surface area (Å²) in [6, 6.07) is 8.34. The first kappa shape index (κ1) is 23.7. The number of carbonyl (C=O) groups is 3. The molecule has 3 amide bonds. The lowest BCUT2D eigenvalue weighted by atomic mass is 9.65. The summed E-state index contributed by atoms with van der Waals surface area (Å²) in [7, 11) is 0. The van der Waals surface area contributed by atoms with Gasteiger partial charge in [0.1, 0.15) is 11.6 Å². The van der Waals surface area contributed by atoms with Crippen molar-refractivity contribution in [1.29, 1.82) is 0 Å². The van der Waals surface area contributed by atoms with Crippen LogP contribution in [0.5, 0.6) is 0 Å². The third kappa shape index (κ3) is 3.83. The van der Waals surface area contributed by atoms with E-state index >= 15 is 0 Å². The van der Waals surface area contributed by atoms with E-state index in [1.807, 2.05) is 51.1 Å². The fourth-order valence-electron chi connectivity index (χ4n) is 6.16. The van der Waals surface area contributed by atoms with Crippen LogP contribution in [0.2, 0.25) is 0 Å². The van der Waals surface area contributed by atoms with Crippen LogP contribution in [0.25, 0.3) is 0 Å². The van der Waals surface area contributed by atoms with Crippen molar-refractivity contribution in [2.24, 2.45) is 11.8 Å². The fraction of sp³-hybridized carbons (Fsp3) is 0.640. The SMILES string of the molecule is CC[C@]12CCC3(O1)C(C(=O)NC(C)C)N(CCCCO)C(=O)[C@@H]3[C@H]2C(=O)Nc1ccccc1. The maximum atomic E-state index is 13.8. The summed E-state index contributed by atoms with van der Waals surface area (Å²) >= 11 is 0. The van der Waals surface area contributed by atoms with E-state index in [2.05, 4.69) is 10.6 Å². The molecular formula is C25H35N3O5. The van der Waals surface area contributed by atoms with E-state index in [0.29, 0.717) is 44.3 Å². The van der Waals surface area contributed by atoms with Crippen LogP contribution in [0.15, 0.2) is 30.3 Å². The molecule has 0 aliphatic carbocycles. The molecule has 4 rings (SSSR count). The molecule has 5 atom stereocenters. The van der Waals surface area contributed by atoms with Gasteiger partial charge in [0, 0.05) is 24.9 Å². The number of aliphatic hydroxyl groups is 1. The number of fused-ring (bicyclic) bond motifs is 1. The van der Waals surface area contributed by atoms with E-state index in [0.717, 1.165) is 0 Å². The monoisotopic (exact) mass is 457 g/mol. The van der Waals surface area contributed by atoms with Crippen molar-refractivity contribution in [3.05, 3.63) is 30.3 Å². The minimum atomic E-state index is -1.01. The number of likely N-dealkylation sites (tertiary alicyclic amines) is 1. The Labute approximate surface area is 195 Å². The number of nitrogens with zero attached hydrogens (tertiary/aromatic N) is 1. The molecule has 1 aromatic carbocycles. The Balaban J connectivity index is 1.71. The lowest BCUT2D eigenvalue weighted by Gasteiger charge is -2.34. The van der Waals surface area contributed by atoms with E-state index in [1.165, 1.54) is 0 Å². The molecular weight excluding hydrogens is 422 g/mol. The van der Waals surface area contributed by atoms with Gasteiger partial charge in [-0.15, -0.1) is 0 Å². The van der Waals surface area contributed by atoms with Gasteiger partial charge in [-0.25, -0.2) is 0 Å². The van der Waals surface area contributed by atoms with Gasteiger partial charge in [0.05, 0.1) is 17.4 Å². The number of hydrogen-bond acceptors (Lipinski definition) is 5. The van der Waals surface area contributed by atoms with E-state index < -0.39 is 29.1 Å². The standard InChI is InChI=1S/C25H35N3O5/c1-4-24-12-13-25(33-24)19(18(24)21(30)27-17-10-6-5-7-11-17)23(32)28(14-8-9-15-29)20(25)22(31)26-16(2)3/h5-7,10-11,16,18-20,29H,4,8-9,12-15H2,1-3H3,(H,26,31)(H,27,30)/t18-,19-,20?,24+,25?/m0/s1. The zero-order valence-corrected chi connectivity index (χ0v) is 19.7. The molecule has 0 saturated carbocycles. The molecule has 33 heavy (non-hydrogen) atoms. The van der Waals surface area contributed by atoms with Gasteiger partial charge in [-0.05, 0) is 58.1 Å². The predicted molar refractivity (Wildman–Crippen MR) is 123 cm³/mol. The minimum absolute atomic E-state index is 0.0248. The molecule has 0 aromatic heterocycles. The summed E-state index contributed by atoms with van der Waals surface area (Å²) in [6.07, 6.45) is 2.91. The quantitative estimate of drug-likeness (QED) is 0.492. The normalized spacial score (nSPS) is 32.3. The second kappa shape index (κ2) is 9.06. The number of hydrogen-bond donors (Lipinski definition) is 3. The molecule has 8 nitrogen and oxygen atoms in total. The highest BCUT2D eigenvalue weighted by Crippen LogP contribution is 2.64. The minimum Gasteiger partial charge on any atom is -0.396 e. The molecule has 1 spiro atoms. The second-order valence-corrected chi connectivity index (χ2v) is 9.81. The predicted octanol–water partition coefficient (Wildman–Crippen LogP) is 2.08. The molecule has 3 aliphatic rings. The van der Waals surface area contributed by atoms with Crippen LogP contribution in [0.3, 0.4) is 0 Å². The van der Waals surface area contributed by atoms with E-state index in [4.69, 9.17) is 4.74 Å². The molecule has 1 aromatic rings. The molecule has 2 unspecified atom stereocenters. The first-order valence-electron chi connectivity index (χ1n) is 12.1. The smallest absolute Gasteiger partial charge is 0.246 e.